The minimum Gasteiger partial charge on any atom is -0.486 e. The minimum absolute atomic E-state index is 0.287. The number of ether oxygens (including phenoxy) is 1. The standard InChI is InChI=1S/C17H17N5OS2/c1-12-3-2-4-15(18-12)22-16(19-20-21-22)11-23-14-7-5-13(6-8-14)17-24-9-10-25-17/h2-8,17H,9-11H2,1H3. The van der Waals surface area contributed by atoms with Crippen molar-refractivity contribution in [3.63, 3.8) is 0 Å². The SMILES string of the molecule is Cc1cccc(-n2nnnc2COc2ccc(C3SCCS3)cc2)n1. The highest BCUT2D eigenvalue weighted by Crippen LogP contribution is 2.45. The van der Waals surface area contributed by atoms with Crippen molar-refractivity contribution in [2.75, 3.05) is 11.5 Å². The van der Waals surface area contributed by atoms with Crippen LogP contribution >= 0.6 is 23.5 Å². The van der Waals surface area contributed by atoms with Gasteiger partial charge in [-0.15, -0.1) is 28.6 Å². The van der Waals surface area contributed by atoms with Crippen LogP contribution in [0.1, 0.15) is 21.7 Å². The number of thioether (sulfide) groups is 2. The summed E-state index contributed by atoms with van der Waals surface area (Å²) in [6.07, 6.45) is 0. The van der Waals surface area contributed by atoms with Gasteiger partial charge in [-0.2, -0.15) is 4.68 Å². The van der Waals surface area contributed by atoms with Gasteiger partial charge in [-0.05, 0) is 47.2 Å². The minimum atomic E-state index is 0.287. The van der Waals surface area contributed by atoms with E-state index in [1.807, 2.05) is 60.8 Å². The lowest BCUT2D eigenvalue weighted by atomic mass is 10.2. The number of pyridine rings is 1. The summed E-state index contributed by atoms with van der Waals surface area (Å²) in [6.45, 7) is 2.22. The van der Waals surface area contributed by atoms with Crippen molar-refractivity contribution in [2.45, 2.75) is 18.1 Å². The van der Waals surface area contributed by atoms with E-state index >= 15 is 0 Å². The fraction of sp³-hybridized carbons (Fsp3) is 0.294. The van der Waals surface area contributed by atoms with Gasteiger partial charge in [-0.1, -0.05) is 18.2 Å². The molecule has 0 atom stereocenters. The van der Waals surface area contributed by atoms with Crippen LogP contribution < -0.4 is 4.74 Å². The van der Waals surface area contributed by atoms with Crippen LogP contribution in [-0.4, -0.2) is 36.7 Å². The van der Waals surface area contributed by atoms with Gasteiger partial charge in [-0.25, -0.2) is 4.98 Å². The Kier molecular flexibility index (Phi) is 4.89. The Morgan fingerprint density at radius 1 is 1.12 bits per heavy atom. The molecule has 3 heterocycles. The van der Waals surface area contributed by atoms with Crippen LogP contribution in [0.2, 0.25) is 0 Å². The number of aromatic nitrogens is 5. The first-order valence-corrected chi connectivity index (χ1v) is 10.1. The summed E-state index contributed by atoms with van der Waals surface area (Å²) in [5.74, 6) is 4.56. The van der Waals surface area contributed by atoms with Crippen molar-refractivity contribution in [2.24, 2.45) is 0 Å². The smallest absolute Gasteiger partial charge is 0.195 e. The van der Waals surface area contributed by atoms with Gasteiger partial charge in [0.25, 0.3) is 0 Å². The van der Waals surface area contributed by atoms with Gasteiger partial charge in [-0.3, -0.25) is 0 Å². The lowest BCUT2D eigenvalue weighted by Crippen LogP contribution is -2.08. The maximum atomic E-state index is 5.86. The molecule has 25 heavy (non-hydrogen) atoms. The summed E-state index contributed by atoms with van der Waals surface area (Å²) in [6, 6.07) is 14.0. The van der Waals surface area contributed by atoms with E-state index in [4.69, 9.17) is 4.74 Å². The van der Waals surface area contributed by atoms with Gasteiger partial charge < -0.3 is 4.74 Å². The van der Waals surface area contributed by atoms with Crippen LogP contribution in [0.25, 0.3) is 5.82 Å². The first kappa shape index (κ1) is 16.4. The molecular weight excluding hydrogens is 354 g/mol. The van der Waals surface area contributed by atoms with E-state index in [-0.39, 0.29) is 6.61 Å². The zero-order valence-corrected chi connectivity index (χ0v) is 15.3. The fourth-order valence-corrected chi connectivity index (χ4v) is 5.40. The van der Waals surface area contributed by atoms with Crippen LogP contribution in [0.15, 0.2) is 42.5 Å². The molecule has 2 aromatic heterocycles. The Bertz CT molecular complexity index is 846. The van der Waals surface area contributed by atoms with Crippen molar-refractivity contribution in [3.05, 3.63) is 59.5 Å². The Morgan fingerprint density at radius 3 is 2.68 bits per heavy atom. The lowest BCUT2D eigenvalue weighted by molar-refractivity contribution is 0.292. The zero-order chi connectivity index (χ0) is 17.1. The van der Waals surface area contributed by atoms with Crippen molar-refractivity contribution < 1.29 is 4.74 Å². The molecule has 6 nitrogen and oxygen atoms in total. The van der Waals surface area contributed by atoms with Crippen LogP contribution in [0.5, 0.6) is 5.75 Å². The summed E-state index contributed by atoms with van der Waals surface area (Å²) in [5, 5.41) is 11.8. The number of rotatable bonds is 5. The molecule has 1 fully saturated rings. The summed E-state index contributed by atoms with van der Waals surface area (Å²) in [4.78, 5) is 4.45. The van der Waals surface area contributed by atoms with E-state index in [0.29, 0.717) is 16.2 Å². The number of hydrogen-bond acceptors (Lipinski definition) is 7. The first-order valence-electron chi connectivity index (χ1n) is 7.97. The second kappa shape index (κ2) is 7.45. The maximum absolute atomic E-state index is 5.86. The molecule has 0 radical (unpaired) electrons. The molecule has 0 bridgehead atoms. The number of benzene rings is 1. The van der Waals surface area contributed by atoms with Gasteiger partial charge >= 0.3 is 0 Å². The Labute approximate surface area is 154 Å². The molecule has 0 amide bonds. The molecule has 1 aliphatic heterocycles. The Hall–Kier alpha value is -2.06. The predicted molar refractivity (Wildman–Crippen MR) is 100 cm³/mol. The number of tetrazole rings is 1. The molecule has 0 saturated carbocycles. The third kappa shape index (κ3) is 3.80. The van der Waals surface area contributed by atoms with Crippen LogP contribution in [0.3, 0.4) is 0 Å². The average Bonchev–Trinajstić information content (AvgIpc) is 3.32. The lowest BCUT2D eigenvalue weighted by Gasteiger charge is -2.10. The van der Waals surface area contributed by atoms with Gasteiger partial charge in [0.15, 0.2) is 11.6 Å². The molecule has 0 unspecified atom stereocenters. The Morgan fingerprint density at radius 2 is 1.92 bits per heavy atom. The average molecular weight is 371 g/mol. The topological polar surface area (TPSA) is 65.7 Å². The van der Waals surface area contributed by atoms with E-state index < -0.39 is 0 Å². The second-order valence-corrected chi connectivity index (χ2v) is 8.30. The van der Waals surface area contributed by atoms with Crippen LogP contribution in [0.4, 0.5) is 0 Å². The molecule has 3 aromatic rings. The van der Waals surface area contributed by atoms with E-state index in [2.05, 4.69) is 32.6 Å². The zero-order valence-electron chi connectivity index (χ0n) is 13.7. The largest absolute Gasteiger partial charge is 0.486 e. The molecule has 1 aliphatic rings. The van der Waals surface area contributed by atoms with Gasteiger partial charge in [0.1, 0.15) is 12.4 Å². The van der Waals surface area contributed by atoms with Crippen molar-refractivity contribution in [1.29, 1.82) is 0 Å². The van der Waals surface area contributed by atoms with E-state index in [1.54, 1.807) is 4.68 Å². The van der Waals surface area contributed by atoms with Gasteiger partial charge in [0.05, 0.1) is 4.58 Å². The molecule has 8 heteroatoms. The van der Waals surface area contributed by atoms with E-state index in [0.717, 1.165) is 11.4 Å². The highest BCUT2D eigenvalue weighted by atomic mass is 32.2. The van der Waals surface area contributed by atoms with Crippen LogP contribution in [-0.2, 0) is 6.61 Å². The summed E-state index contributed by atoms with van der Waals surface area (Å²) in [7, 11) is 0. The molecule has 0 N–H and O–H groups in total. The summed E-state index contributed by atoms with van der Waals surface area (Å²) in [5.41, 5.74) is 2.26. The van der Waals surface area contributed by atoms with E-state index in [9.17, 15) is 0 Å². The molecule has 128 valence electrons. The van der Waals surface area contributed by atoms with Crippen LogP contribution in [0, 0.1) is 6.92 Å². The third-order valence-corrected chi connectivity index (χ3v) is 6.87. The second-order valence-electron chi connectivity index (χ2n) is 5.58. The molecule has 0 spiro atoms. The molecule has 1 saturated heterocycles. The van der Waals surface area contributed by atoms with Gasteiger partial charge in [0, 0.05) is 17.2 Å². The normalized spacial score (nSPS) is 14.8. The Balaban J connectivity index is 1.44. The molecular formula is C17H17N5OS2. The molecule has 4 rings (SSSR count). The summed E-state index contributed by atoms with van der Waals surface area (Å²) < 4.78 is 8.01. The number of aryl methyl sites for hydroxylation is 1. The number of nitrogens with zero attached hydrogens (tertiary/aromatic N) is 5. The van der Waals surface area contributed by atoms with Crippen molar-refractivity contribution in [1.82, 2.24) is 25.2 Å². The highest BCUT2D eigenvalue weighted by molar-refractivity contribution is 8.19. The number of hydrogen-bond donors (Lipinski definition) is 0. The maximum Gasteiger partial charge on any atom is 0.195 e. The monoisotopic (exact) mass is 371 g/mol. The summed E-state index contributed by atoms with van der Waals surface area (Å²) >= 11 is 4.00. The fourth-order valence-electron chi connectivity index (χ4n) is 2.54. The van der Waals surface area contributed by atoms with Crippen molar-refractivity contribution >= 4 is 23.5 Å². The van der Waals surface area contributed by atoms with E-state index in [1.165, 1.54) is 17.1 Å². The third-order valence-electron chi connectivity index (χ3n) is 3.77. The molecule has 1 aromatic carbocycles. The molecule has 0 aliphatic carbocycles. The van der Waals surface area contributed by atoms with Crippen molar-refractivity contribution in [3.8, 4) is 11.6 Å². The van der Waals surface area contributed by atoms with Gasteiger partial charge in [0.2, 0.25) is 0 Å². The first-order chi connectivity index (χ1) is 12.3. The highest BCUT2D eigenvalue weighted by Gasteiger charge is 2.18. The quantitative estimate of drug-likeness (QED) is 0.681. The predicted octanol–water partition coefficient (Wildman–Crippen LogP) is 3.42.